The summed E-state index contributed by atoms with van der Waals surface area (Å²) in [6.45, 7) is 6.18. The van der Waals surface area contributed by atoms with Crippen LogP contribution in [0.25, 0.3) is 0 Å². The summed E-state index contributed by atoms with van der Waals surface area (Å²) in [5, 5.41) is 12.6. The second-order valence-electron chi connectivity index (χ2n) is 6.39. The van der Waals surface area contributed by atoms with Crippen molar-refractivity contribution in [2.75, 3.05) is 11.1 Å². The molecule has 1 amide bonds. The van der Waals surface area contributed by atoms with Gasteiger partial charge in [-0.3, -0.25) is 9.36 Å². The van der Waals surface area contributed by atoms with Crippen LogP contribution in [0.2, 0.25) is 10.0 Å². The van der Waals surface area contributed by atoms with Crippen LogP contribution in [0, 0.1) is 0 Å². The van der Waals surface area contributed by atoms with Gasteiger partial charge in [0, 0.05) is 11.0 Å². The van der Waals surface area contributed by atoms with Crippen LogP contribution in [0.3, 0.4) is 0 Å². The minimum absolute atomic E-state index is 0.110. The van der Waals surface area contributed by atoms with Crippen LogP contribution in [-0.2, 0) is 11.3 Å². The van der Waals surface area contributed by atoms with Crippen molar-refractivity contribution in [2.24, 2.45) is 0 Å². The SMILES string of the molecule is C=CCn1c(SCC(=O)Nc2c(Cl)cccc2Cl)nnc1C(C)Oc1ccc(Br)cc1. The monoisotopic (exact) mass is 540 g/mol. The summed E-state index contributed by atoms with van der Waals surface area (Å²) in [6, 6.07) is 12.6. The second-order valence-corrected chi connectivity index (χ2v) is 9.06. The lowest BCUT2D eigenvalue weighted by molar-refractivity contribution is -0.113. The lowest BCUT2D eigenvalue weighted by atomic mass is 10.3. The Labute approximate surface area is 203 Å². The molecule has 162 valence electrons. The van der Waals surface area contributed by atoms with E-state index in [2.05, 4.69) is 38.0 Å². The summed E-state index contributed by atoms with van der Waals surface area (Å²) in [4.78, 5) is 12.4. The smallest absolute Gasteiger partial charge is 0.234 e. The average Bonchev–Trinajstić information content (AvgIpc) is 3.14. The Hall–Kier alpha value is -2.00. The number of thioether (sulfide) groups is 1. The number of hydrogen-bond acceptors (Lipinski definition) is 5. The molecule has 0 aliphatic rings. The molecule has 1 unspecified atom stereocenters. The predicted molar refractivity (Wildman–Crippen MR) is 129 cm³/mol. The van der Waals surface area contributed by atoms with Gasteiger partial charge in [0.05, 0.1) is 21.5 Å². The third-order valence-electron chi connectivity index (χ3n) is 4.11. The van der Waals surface area contributed by atoms with Gasteiger partial charge in [0.15, 0.2) is 17.1 Å². The van der Waals surface area contributed by atoms with Gasteiger partial charge in [-0.25, -0.2) is 0 Å². The van der Waals surface area contributed by atoms with E-state index in [9.17, 15) is 4.79 Å². The third kappa shape index (κ3) is 6.26. The number of nitrogens with one attached hydrogen (secondary N) is 1. The van der Waals surface area contributed by atoms with E-state index in [1.165, 1.54) is 11.8 Å². The summed E-state index contributed by atoms with van der Waals surface area (Å²) >= 11 is 16.9. The van der Waals surface area contributed by atoms with Gasteiger partial charge in [0.1, 0.15) is 5.75 Å². The maximum atomic E-state index is 12.4. The van der Waals surface area contributed by atoms with Crippen molar-refractivity contribution in [3.05, 3.63) is 75.5 Å². The van der Waals surface area contributed by atoms with Crippen molar-refractivity contribution < 1.29 is 9.53 Å². The number of hydrogen-bond donors (Lipinski definition) is 1. The van der Waals surface area contributed by atoms with Crippen LogP contribution < -0.4 is 10.1 Å². The standard InChI is InChI=1S/C21H19BrCl2N4O2S/c1-3-11-28-20(13(2)30-15-9-7-14(22)8-10-15)26-27-21(28)31-12-18(29)25-19-16(23)5-4-6-17(19)24/h3-10,13H,1,11-12H2,2H3,(H,25,29). The molecule has 0 fully saturated rings. The molecule has 0 saturated heterocycles. The van der Waals surface area contributed by atoms with E-state index in [-0.39, 0.29) is 17.8 Å². The molecule has 1 N–H and O–H groups in total. The van der Waals surface area contributed by atoms with Crippen molar-refractivity contribution in [3.63, 3.8) is 0 Å². The Morgan fingerprint density at radius 1 is 1.26 bits per heavy atom. The van der Waals surface area contributed by atoms with Crippen molar-refractivity contribution in [1.29, 1.82) is 0 Å². The molecule has 1 atom stereocenters. The summed E-state index contributed by atoms with van der Waals surface area (Å²) in [5.41, 5.74) is 0.390. The van der Waals surface area contributed by atoms with Gasteiger partial charge in [-0.2, -0.15) is 0 Å². The van der Waals surface area contributed by atoms with Gasteiger partial charge in [-0.15, -0.1) is 16.8 Å². The molecular weight excluding hydrogens is 523 g/mol. The van der Waals surface area contributed by atoms with E-state index < -0.39 is 0 Å². The van der Waals surface area contributed by atoms with Crippen LogP contribution >= 0.6 is 50.9 Å². The fourth-order valence-electron chi connectivity index (χ4n) is 2.70. The molecule has 1 heterocycles. The maximum absolute atomic E-state index is 12.4. The van der Waals surface area contributed by atoms with Crippen molar-refractivity contribution >= 4 is 62.5 Å². The summed E-state index contributed by atoms with van der Waals surface area (Å²) in [6.07, 6.45) is 1.39. The molecule has 10 heteroatoms. The van der Waals surface area contributed by atoms with Crippen molar-refractivity contribution in [2.45, 2.75) is 24.7 Å². The van der Waals surface area contributed by atoms with Crippen molar-refractivity contribution in [1.82, 2.24) is 14.8 Å². The summed E-state index contributed by atoms with van der Waals surface area (Å²) in [7, 11) is 0. The zero-order chi connectivity index (χ0) is 22.4. The first-order valence-electron chi connectivity index (χ1n) is 9.22. The minimum Gasteiger partial charge on any atom is -0.483 e. The molecule has 3 aromatic rings. The number of aromatic nitrogens is 3. The number of allylic oxidation sites excluding steroid dienone is 1. The van der Waals surface area contributed by atoms with Crippen molar-refractivity contribution in [3.8, 4) is 5.75 Å². The number of halogens is 3. The van der Waals surface area contributed by atoms with Gasteiger partial charge in [0.25, 0.3) is 0 Å². The quantitative estimate of drug-likeness (QED) is 0.250. The molecule has 6 nitrogen and oxygen atoms in total. The molecule has 2 aromatic carbocycles. The molecule has 3 rings (SSSR count). The Bertz CT molecular complexity index is 1060. The number of carbonyl (C=O) groups excluding carboxylic acids is 1. The van der Waals surface area contributed by atoms with E-state index in [1.54, 1.807) is 24.3 Å². The van der Waals surface area contributed by atoms with E-state index in [1.807, 2.05) is 35.8 Å². The Kier molecular flexibility index (Phi) is 8.43. The molecule has 0 saturated carbocycles. The predicted octanol–water partition coefficient (Wildman–Crippen LogP) is 6.40. The fourth-order valence-corrected chi connectivity index (χ4v) is 4.21. The third-order valence-corrected chi connectivity index (χ3v) is 6.23. The van der Waals surface area contributed by atoms with Gasteiger partial charge in [-0.1, -0.05) is 63.0 Å². The van der Waals surface area contributed by atoms with Gasteiger partial charge >= 0.3 is 0 Å². The lowest BCUT2D eigenvalue weighted by Gasteiger charge is -2.16. The number of carbonyl (C=O) groups is 1. The molecule has 31 heavy (non-hydrogen) atoms. The largest absolute Gasteiger partial charge is 0.483 e. The summed E-state index contributed by atoms with van der Waals surface area (Å²) < 4.78 is 8.83. The van der Waals surface area contributed by atoms with E-state index in [0.717, 1.165) is 4.47 Å². The average molecular weight is 542 g/mol. The molecule has 0 aliphatic carbocycles. The lowest BCUT2D eigenvalue weighted by Crippen LogP contribution is -2.16. The molecular formula is C21H19BrCl2N4O2S. The first kappa shape index (κ1) is 23.7. The fraction of sp³-hybridized carbons (Fsp3) is 0.190. The number of rotatable bonds is 9. The molecule has 0 aliphatic heterocycles. The number of ether oxygens (including phenoxy) is 1. The van der Waals surface area contributed by atoms with Crippen LogP contribution in [-0.4, -0.2) is 26.4 Å². The Morgan fingerprint density at radius 3 is 2.58 bits per heavy atom. The number of amides is 1. The van der Waals surface area contributed by atoms with Crippen LogP contribution in [0.15, 0.2) is 64.7 Å². The first-order valence-corrected chi connectivity index (χ1v) is 11.8. The molecule has 1 aromatic heterocycles. The van der Waals surface area contributed by atoms with Gasteiger partial charge in [-0.05, 0) is 43.3 Å². The zero-order valence-electron chi connectivity index (χ0n) is 16.5. The molecule has 0 bridgehead atoms. The Morgan fingerprint density at radius 2 is 1.94 bits per heavy atom. The highest BCUT2D eigenvalue weighted by molar-refractivity contribution is 9.10. The van der Waals surface area contributed by atoms with E-state index >= 15 is 0 Å². The maximum Gasteiger partial charge on any atom is 0.234 e. The van der Waals surface area contributed by atoms with E-state index in [4.69, 9.17) is 27.9 Å². The highest BCUT2D eigenvalue weighted by Gasteiger charge is 2.20. The number of anilines is 1. The van der Waals surface area contributed by atoms with Crippen LogP contribution in [0.5, 0.6) is 5.75 Å². The summed E-state index contributed by atoms with van der Waals surface area (Å²) in [5.74, 6) is 1.21. The highest BCUT2D eigenvalue weighted by atomic mass is 79.9. The van der Waals surface area contributed by atoms with Crippen LogP contribution in [0.1, 0.15) is 18.9 Å². The Balaban J connectivity index is 1.68. The van der Waals surface area contributed by atoms with Crippen LogP contribution in [0.4, 0.5) is 5.69 Å². The topological polar surface area (TPSA) is 69.0 Å². The second kappa shape index (κ2) is 11.0. The number of nitrogens with zero attached hydrogens (tertiary/aromatic N) is 3. The number of benzene rings is 2. The van der Waals surface area contributed by atoms with E-state index in [0.29, 0.717) is 39.0 Å². The van der Waals surface area contributed by atoms with Gasteiger partial charge in [0.2, 0.25) is 5.91 Å². The zero-order valence-corrected chi connectivity index (χ0v) is 20.4. The first-order chi connectivity index (χ1) is 14.9. The number of para-hydroxylation sites is 1. The highest BCUT2D eigenvalue weighted by Crippen LogP contribution is 2.30. The molecule has 0 spiro atoms. The molecule has 0 radical (unpaired) electrons. The van der Waals surface area contributed by atoms with Gasteiger partial charge < -0.3 is 10.1 Å². The minimum atomic E-state index is -0.348. The normalized spacial score (nSPS) is 11.7.